The van der Waals surface area contributed by atoms with Crippen LogP contribution in [0.3, 0.4) is 0 Å². The Labute approximate surface area is 114 Å². The number of hydrogen-bond acceptors (Lipinski definition) is 4. The van der Waals surface area contributed by atoms with Crippen molar-refractivity contribution in [1.82, 2.24) is 5.16 Å². The van der Waals surface area contributed by atoms with E-state index in [1.54, 1.807) is 12.1 Å². The number of aromatic nitrogens is 1. The molecule has 1 heterocycles. The highest BCUT2D eigenvalue weighted by atomic mass is 16.5. The quantitative estimate of drug-likeness (QED) is 0.787. The van der Waals surface area contributed by atoms with Gasteiger partial charge in [0.15, 0.2) is 0 Å². The normalized spacial score (nSPS) is 10.6. The maximum Gasteiger partial charge on any atom is 0.339 e. The molecule has 1 aromatic heterocycles. The zero-order valence-corrected chi connectivity index (χ0v) is 10.4. The largest absolute Gasteiger partial charge is 0.488 e. The van der Waals surface area contributed by atoms with Crippen molar-refractivity contribution in [2.24, 2.45) is 0 Å². The molecule has 0 fully saturated rings. The lowest BCUT2D eigenvalue weighted by molar-refractivity contribution is 0.0692. The summed E-state index contributed by atoms with van der Waals surface area (Å²) in [6, 6.07) is 10.9. The summed E-state index contributed by atoms with van der Waals surface area (Å²) in [6.45, 7) is 0.210. The van der Waals surface area contributed by atoms with Crippen LogP contribution in [0.15, 0.2) is 53.4 Å². The van der Waals surface area contributed by atoms with E-state index >= 15 is 0 Å². The van der Waals surface area contributed by atoms with E-state index in [1.807, 2.05) is 24.3 Å². The third-order valence-corrected chi connectivity index (χ3v) is 2.96. The van der Waals surface area contributed by atoms with Crippen LogP contribution in [0.25, 0.3) is 10.8 Å². The van der Waals surface area contributed by atoms with Gasteiger partial charge in [0, 0.05) is 5.56 Å². The summed E-state index contributed by atoms with van der Waals surface area (Å²) in [7, 11) is 0. The molecule has 0 atom stereocenters. The second-order valence-electron chi connectivity index (χ2n) is 4.32. The summed E-state index contributed by atoms with van der Waals surface area (Å²) in [4.78, 5) is 11.3. The lowest BCUT2D eigenvalue weighted by atomic mass is 10.1. The maximum absolute atomic E-state index is 11.3. The van der Waals surface area contributed by atoms with Crippen LogP contribution in [0, 0.1) is 0 Å². The topological polar surface area (TPSA) is 72.6 Å². The van der Waals surface area contributed by atoms with Crippen LogP contribution in [-0.2, 0) is 6.61 Å². The minimum absolute atomic E-state index is 0.139. The Kier molecular flexibility index (Phi) is 3.09. The molecule has 5 nitrogen and oxygen atoms in total. The summed E-state index contributed by atoms with van der Waals surface area (Å²) in [5.74, 6) is -0.687. The van der Waals surface area contributed by atoms with Crippen molar-refractivity contribution in [3.63, 3.8) is 0 Å². The molecule has 3 aromatic rings. The third kappa shape index (κ3) is 2.33. The van der Waals surface area contributed by atoms with Crippen molar-refractivity contribution in [1.29, 1.82) is 0 Å². The lowest BCUT2D eigenvalue weighted by Crippen LogP contribution is -2.03. The number of fused-ring (bicyclic) bond motifs is 1. The third-order valence-electron chi connectivity index (χ3n) is 2.96. The van der Waals surface area contributed by atoms with Crippen molar-refractivity contribution in [3.05, 3.63) is 60.0 Å². The molecule has 100 valence electrons. The monoisotopic (exact) mass is 269 g/mol. The van der Waals surface area contributed by atoms with Crippen LogP contribution in [-0.4, -0.2) is 16.2 Å². The Balaban J connectivity index is 1.98. The van der Waals surface area contributed by atoms with Gasteiger partial charge >= 0.3 is 5.97 Å². The summed E-state index contributed by atoms with van der Waals surface area (Å²) in [5, 5.41) is 14.6. The molecule has 0 saturated carbocycles. The van der Waals surface area contributed by atoms with E-state index in [4.69, 9.17) is 9.26 Å². The van der Waals surface area contributed by atoms with Crippen LogP contribution in [0.2, 0.25) is 0 Å². The van der Waals surface area contributed by atoms with Gasteiger partial charge in [-0.15, -0.1) is 0 Å². The van der Waals surface area contributed by atoms with Crippen molar-refractivity contribution in [2.45, 2.75) is 6.61 Å². The molecule has 0 aliphatic heterocycles. The molecule has 0 aliphatic carbocycles. The lowest BCUT2D eigenvalue weighted by Gasteiger charge is -2.09. The van der Waals surface area contributed by atoms with Gasteiger partial charge in [-0.1, -0.05) is 29.4 Å². The maximum atomic E-state index is 11.3. The van der Waals surface area contributed by atoms with E-state index in [0.29, 0.717) is 5.75 Å². The first-order valence-electron chi connectivity index (χ1n) is 6.01. The number of carboxylic acids is 1. The van der Waals surface area contributed by atoms with Gasteiger partial charge in [-0.2, -0.15) is 0 Å². The van der Waals surface area contributed by atoms with Crippen LogP contribution in [0.4, 0.5) is 0 Å². The molecule has 0 radical (unpaired) electrons. The van der Waals surface area contributed by atoms with Gasteiger partial charge in [0.25, 0.3) is 0 Å². The molecule has 0 bridgehead atoms. The fourth-order valence-electron chi connectivity index (χ4n) is 1.97. The molecule has 0 amide bonds. The SMILES string of the molecule is O=C(O)c1cc2ccccc2cc1OCc1cnoc1. The Morgan fingerprint density at radius 2 is 2.00 bits per heavy atom. The Hall–Kier alpha value is -2.82. The van der Waals surface area contributed by atoms with Gasteiger partial charge < -0.3 is 14.4 Å². The van der Waals surface area contributed by atoms with Gasteiger partial charge in [-0.3, -0.25) is 0 Å². The van der Waals surface area contributed by atoms with E-state index in [-0.39, 0.29) is 12.2 Å². The number of hydrogen-bond donors (Lipinski definition) is 1. The number of carbonyl (C=O) groups is 1. The van der Waals surface area contributed by atoms with E-state index < -0.39 is 5.97 Å². The van der Waals surface area contributed by atoms with E-state index in [1.165, 1.54) is 12.5 Å². The van der Waals surface area contributed by atoms with Crippen LogP contribution >= 0.6 is 0 Å². The highest BCUT2D eigenvalue weighted by molar-refractivity contribution is 5.97. The van der Waals surface area contributed by atoms with Crippen molar-refractivity contribution in [3.8, 4) is 5.75 Å². The van der Waals surface area contributed by atoms with Gasteiger partial charge in [-0.05, 0) is 22.9 Å². The van der Waals surface area contributed by atoms with Crippen molar-refractivity contribution < 1.29 is 19.2 Å². The minimum Gasteiger partial charge on any atom is -0.488 e. The molecule has 0 spiro atoms. The highest BCUT2D eigenvalue weighted by Crippen LogP contribution is 2.26. The molecular formula is C15H11NO4. The fourth-order valence-corrected chi connectivity index (χ4v) is 1.97. The first-order valence-corrected chi connectivity index (χ1v) is 6.01. The standard InChI is InChI=1S/C15H11NO4/c17-15(18)13-5-11-3-1-2-4-12(11)6-14(13)19-8-10-7-16-20-9-10/h1-7,9H,8H2,(H,17,18). The van der Waals surface area contributed by atoms with E-state index in [2.05, 4.69) is 5.16 Å². The van der Waals surface area contributed by atoms with Gasteiger partial charge in [-0.25, -0.2) is 4.79 Å². The van der Waals surface area contributed by atoms with E-state index in [9.17, 15) is 9.90 Å². The zero-order chi connectivity index (χ0) is 13.9. The summed E-state index contributed by atoms with van der Waals surface area (Å²) >= 11 is 0. The number of benzene rings is 2. The van der Waals surface area contributed by atoms with Gasteiger partial charge in [0.05, 0.1) is 6.20 Å². The van der Waals surface area contributed by atoms with Gasteiger partial charge in [0.2, 0.25) is 0 Å². The second-order valence-corrected chi connectivity index (χ2v) is 4.32. The average Bonchev–Trinajstić information content (AvgIpc) is 2.97. The molecule has 5 heteroatoms. The fraction of sp³-hybridized carbons (Fsp3) is 0.0667. The minimum atomic E-state index is -1.02. The average molecular weight is 269 g/mol. The highest BCUT2D eigenvalue weighted by Gasteiger charge is 2.13. The Bertz CT molecular complexity index is 750. The number of carboxylic acid groups (broad SMARTS) is 1. The molecule has 2 aromatic carbocycles. The predicted molar refractivity (Wildman–Crippen MR) is 71.7 cm³/mol. The first kappa shape index (κ1) is 12.2. The second kappa shape index (κ2) is 5.05. The summed E-state index contributed by atoms with van der Waals surface area (Å²) < 4.78 is 10.3. The molecule has 0 aliphatic rings. The molecule has 3 rings (SSSR count). The number of ether oxygens (including phenoxy) is 1. The predicted octanol–water partition coefficient (Wildman–Crippen LogP) is 3.11. The summed E-state index contributed by atoms with van der Waals surface area (Å²) in [5.41, 5.74) is 0.884. The van der Waals surface area contributed by atoms with E-state index in [0.717, 1.165) is 16.3 Å². The van der Waals surface area contributed by atoms with Crippen LogP contribution < -0.4 is 4.74 Å². The molecular weight excluding hydrogens is 258 g/mol. The summed E-state index contributed by atoms with van der Waals surface area (Å²) in [6.07, 6.45) is 2.99. The Morgan fingerprint density at radius 3 is 2.65 bits per heavy atom. The van der Waals surface area contributed by atoms with Gasteiger partial charge in [0.1, 0.15) is 24.2 Å². The first-order chi connectivity index (χ1) is 9.74. The van der Waals surface area contributed by atoms with Crippen LogP contribution in [0.1, 0.15) is 15.9 Å². The van der Waals surface area contributed by atoms with Crippen LogP contribution in [0.5, 0.6) is 5.75 Å². The number of rotatable bonds is 4. The Morgan fingerprint density at radius 1 is 1.25 bits per heavy atom. The molecule has 0 saturated heterocycles. The zero-order valence-electron chi connectivity index (χ0n) is 10.4. The smallest absolute Gasteiger partial charge is 0.339 e. The van der Waals surface area contributed by atoms with Crippen molar-refractivity contribution in [2.75, 3.05) is 0 Å². The molecule has 0 unspecified atom stereocenters. The molecule has 1 N–H and O–H groups in total. The molecule has 20 heavy (non-hydrogen) atoms. The number of nitrogens with zero attached hydrogens (tertiary/aromatic N) is 1. The number of aromatic carboxylic acids is 1. The van der Waals surface area contributed by atoms with Crippen molar-refractivity contribution >= 4 is 16.7 Å².